The number of rotatable bonds is 6. The molecule has 0 saturated carbocycles. The summed E-state index contributed by atoms with van der Waals surface area (Å²) in [6.45, 7) is 9.27. The van der Waals surface area contributed by atoms with Gasteiger partial charge in [-0.2, -0.15) is 10.2 Å². The number of halogens is 1. The molecule has 3 rings (SSSR count). The van der Waals surface area contributed by atoms with Gasteiger partial charge in [-0.05, 0) is 43.6 Å². The fourth-order valence-corrected chi connectivity index (χ4v) is 3.73. The summed E-state index contributed by atoms with van der Waals surface area (Å²) in [5.41, 5.74) is 1.96. The number of amides is 3. The highest BCUT2D eigenvalue weighted by atomic mass is 79.9. The molecule has 0 aromatic carbocycles. The zero-order chi connectivity index (χ0) is 23.4. The molecule has 174 valence electrons. The summed E-state index contributed by atoms with van der Waals surface area (Å²) in [7, 11) is 0. The Bertz CT molecular complexity index is 975. The number of anilines is 1. The fourth-order valence-electron chi connectivity index (χ4n) is 3.42. The molecule has 12 heteroatoms. The monoisotopic (exact) mass is 509 g/mol. The lowest BCUT2D eigenvalue weighted by Gasteiger charge is -2.35. The van der Waals surface area contributed by atoms with Gasteiger partial charge in [0.15, 0.2) is 0 Å². The second-order valence-corrected chi connectivity index (χ2v) is 8.46. The van der Waals surface area contributed by atoms with Gasteiger partial charge in [-0.25, -0.2) is 4.79 Å². The van der Waals surface area contributed by atoms with E-state index in [1.165, 1.54) is 0 Å². The summed E-state index contributed by atoms with van der Waals surface area (Å²) in [6.07, 6.45) is 3.05. The van der Waals surface area contributed by atoms with Crippen LogP contribution in [0.1, 0.15) is 31.3 Å². The minimum Gasteiger partial charge on any atom is -0.450 e. The molecule has 1 fully saturated rings. The molecule has 0 aliphatic carbocycles. The van der Waals surface area contributed by atoms with Gasteiger partial charge in [-0.15, -0.1) is 0 Å². The standard InChI is InChI=1S/C20H28BrN7O4/c1-5-32-20(31)26-8-6-25(7-9-26)19(30)15(4)28-11-17(14(3)24-28)22-18(29)12-27-10-16(21)13(2)23-27/h10-11,15H,5-9,12H2,1-4H3,(H,22,29). The van der Waals surface area contributed by atoms with Crippen molar-refractivity contribution in [3.8, 4) is 0 Å². The number of hydrogen-bond donors (Lipinski definition) is 1. The molecule has 1 aliphatic heterocycles. The zero-order valence-corrected chi connectivity index (χ0v) is 20.3. The number of nitrogens with one attached hydrogen (secondary N) is 1. The van der Waals surface area contributed by atoms with E-state index in [1.54, 1.807) is 52.3 Å². The maximum Gasteiger partial charge on any atom is 0.409 e. The van der Waals surface area contributed by atoms with E-state index >= 15 is 0 Å². The van der Waals surface area contributed by atoms with E-state index in [0.29, 0.717) is 44.2 Å². The fraction of sp³-hybridized carbons (Fsp3) is 0.550. The van der Waals surface area contributed by atoms with E-state index in [2.05, 4.69) is 31.4 Å². The van der Waals surface area contributed by atoms with Crippen LogP contribution >= 0.6 is 15.9 Å². The molecule has 11 nitrogen and oxygen atoms in total. The van der Waals surface area contributed by atoms with Gasteiger partial charge in [0.2, 0.25) is 11.8 Å². The summed E-state index contributed by atoms with van der Waals surface area (Å²) in [5.74, 6) is -0.331. The van der Waals surface area contributed by atoms with Gasteiger partial charge < -0.3 is 19.9 Å². The lowest BCUT2D eigenvalue weighted by atomic mass is 10.2. The van der Waals surface area contributed by atoms with Gasteiger partial charge in [-0.3, -0.25) is 19.0 Å². The van der Waals surface area contributed by atoms with E-state index in [0.717, 1.165) is 10.2 Å². The molecule has 1 atom stereocenters. The van der Waals surface area contributed by atoms with Crippen LogP contribution in [0.25, 0.3) is 0 Å². The molecule has 32 heavy (non-hydrogen) atoms. The summed E-state index contributed by atoms with van der Waals surface area (Å²) in [4.78, 5) is 40.5. The maximum absolute atomic E-state index is 12.9. The van der Waals surface area contributed by atoms with Crippen molar-refractivity contribution in [2.24, 2.45) is 0 Å². The number of carbonyl (C=O) groups is 3. The Hall–Kier alpha value is -2.89. The average molecular weight is 510 g/mol. The topological polar surface area (TPSA) is 115 Å². The smallest absolute Gasteiger partial charge is 0.409 e. The molecular weight excluding hydrogens is 482 g/mol. The van der Waals surface area contributed by atoms with Crippen molar-refractivity contribution >= 4 is 39.5 Å². The van der Waals surface area contributed by atoms with E-state index in [9.17, 15) is 14.4 Å². The highest BCUT2D eigenvalue weighted by Gasteiger charge is 2.29. The molecule has 2 aromatic rings. The summed E-state index contributed by atoms with van der Waals surface area (Å²) in [6, 6.07) is -0.543. The molecule has 1 N–H and O–H groups in total. The maximum atomic E-state index is 12.9. The molecule has 0 spiro atoms. The van der Waals surface area contributed by atoms with Gasteiger partial charge >= 0.3 is 6.09 Å². The van der Waals surface area contributed by atoms with Gasteiger partial charge in [-0.1, -0.05) is 0 Å². The molecule has 1 aliphatic rings. The van der Waals surface area contributed by atoms with E-state index in [4.69, 9.17) is 4.74 Å². The van der Waals surface area contributed by atoms with Crippen molar-refractivity contribution < 1.29 is 19.1 Å². The lowest BCUT2D eigenvalue weighted by molar-refractivity contribution is -0.136. The zero-order valence-electron chi connectivity index (χ0n) is 18.7. The SMILES string of the molecule is CCOC(=O)N1CCN(C(=O)C(C)n2cc(NC(=O)Cn3cc(Br)c(C)n3)c(C)n2)CC1. The summed E-state index contributed by atoms with van der Waals surface area (Å²) >= 11 is 3.38. The first-order valence-electron chi connectivity index (χ1n) is 10.4. The Kier molecular flexibility index (Phi) is 7.54. The molecule has 3 amide bonds. The van der Waals surface area contributed by atoms with E-state index in [1.807, 2.05) is 6.92 Å². The highest BCUT2D eigenvalue weighted by Crippen LogP contribution is 2.19. The Balaban J connectivity index is 1.58. The van der Waals surface area contributed by atoms with Crippen LogP contribution in [0.4, 0.5) is 10.5 Å². The number of aromatic nitrogens is 4. The number of aryl methyl sites for hydroxylation is 2. The van der Waals surface area contributed by atoms with Crippen molar-refractivity contribution in [1.29, 1.82) is 0 Å². The minimum absolute atomic E-state index is 0.0658. The third kappa shape index (κ3) is 5.47. The molecule has 0 bridgehead atoms. The first kappa shape index (κ1) is 23.8. The van der Waals surface area contributed by atoms with Gasteiger partial charge in [0.05, 0.1) is 28.2 Å². The van der Waals surface area contributed by atoms with Gasteiger partial charge in [0.25, 0.3) is 0 Å². The summed E-state index contributed by atoms with van der Waals surface area (Å²) in [5, 5.41) is 11.5. The molecule has 3 heterocycles. The van der Waals surface area contributed by atoms with E-state index in [-0.39, 0.29) is 24.5 Å². The highest BCUT2D eigenvalue weighted by molar-refractivity contribution is 9.10. The summed E-state index contributed by atoms with van der Waals surface area (Å²) < 4.78 is 8.96. The number of carbonyl (C=O) groups excluding carboxylic acids is 3. The third-order valence-corrected chi connectivity index (χ3v) is 6.03. The minimum atomic E-state index is -0.543. The van der Waals surface area contributed by atoms with E-state index < -0.39 is 6.04 Å². The van der Waals surface area contributed by atoms with Crippen LogP contribution in [-0.4, -0.2) is 80.1 Å². The first-order valence-corrected chi connectivity index (χ1v) is 11.2. The van der Waals surface area contributed by atoms with Crippen LogP contribution in [0.2, 0.25) is 0 Å². The lowest BCUT2D eigenvalue weighted by Crippen LogP contribution is -2.52. The van der Waals surface area contributed by atoms with Crippen molar-refractivity contribution in [3.05, 3.63) is 28.3 Å². The van der Waals surface area contributed by atoms with Gasteiger partial charge in [0, 0.05) is 38.6 Å². The van der Waals surface area contributed by atoms with Crippen molar-refractivity contribution in [2.75, 3.05) is 38.1 Å². The van der Waals surface area contributed by atoms with Gasteiger partial charge in [0.1, 0.15) is 12.6 Å². The molecule has 2 aromatic heterocycles. The number of hydrogen-bond acceptors (Lipinski definition) is 6. The van der Waals surface area contributed by atoms with Crippen molar-refractivity contribution in [1.82, 2.24) is 29.4 Å². The van der Waals surface area contributed by atoms with Crippen molar-refractivity contribution in [2.45, 2.75) is 40.3 Å². The molecule has 1 saturated heterocycles. The predicted molar refractivity (Wildman–Crippen MR) is 120 cm³/mol. The van der Waals surface area contributed by atoms with Crippen LogP contribution < -0.4 is 5.32 Å². The Labute approximate surface area is 194 Å². The molecule has 1 unspecified atom stereocenters. The second kappa shape index (κ2) is 10.2. The number of nitrogens with zero attached hydrogens (tertiary/aromatic N) is 6. The van der Waals surface area contributed by atoms with Crippen LogP contribution in [0.3, 0.4) is 0 Å². The van der Waals surface area contributed by atoms with Crippen LogP contribution in [0.15, 0.2) is 16.9 Å². The van der Waals surface area contributed by atoms with Crippen LogP contribution in [0.5, 0.6) is 0 Å². The Morgan fingerprint density at radius 2 is 1.75 bits per heavy atom. The third-order valence-electron chi connectivity index (χ3n) is 5.25. The number of piperazine rings is 1. The average Bonchev–Trinajstić information content (AvgIpc) is 3.28. The van der Waals surface area contributed by atoms with Crippen molar-refractivity contribution in [3.63, 3.8) is 0 Å². The normalized spacial score (nSPS) is 14.9. The van der Waals surface area contributed by atoms with Crippen LogP contribution in [-0.2, 0) is 20.9 Å². The Morgan fingerprint density at radius 1 is 1.09 bits per heavy atom. The Morgan fingerprint density at radius 3 is 2.34 bits per heavy atom. The quantitative estimate of drug-likeness (QED) is 0.636. The first-order chi connectivity index (χ1) is 15.2. The largest absolute Gasteiger partial charge is 0.450 e. The predicted octanol–water partition coefficient (Wildman–Crippen LogP) is 1.96. The number of ether oxygens (including phenoxy) is 1. The second-order valence-electron chi connectivity index (χ2n) is 7.60. The molecular formula is C20H28BrN7O4. The van der Waals surface area contributed by atoms with Crippen LogP contribution in [0, 0.1) is 13.8 Å². The molecule has 0 radical (unpaired) electrons.